The molecule has 3 heterocycles. The maximum absolute atomic E-state index is 12.8. The Hall–Kier alpha value is -2.35. The molecule has 1 fully saturated rings. The highest BCUT2D eigenvalue weighted by molar-refractivity contribution is 5.74. The van der Waals surface area contributed by atoms with E-state index in [1.54, 1.807) is 7.05 Å². The molecule has 2 N–H and O–H groups in total. The molecule has 0 aliphatic carbocycles. The van der Waals surface area contributed by atoms with Crippen molar-refractivity contribution in [3.63, 3.8) is 0 Å². The van der Waals surface area contributed by atoms with Crippen LogP contribution in [0.4, 0.5) is 5.95 Å². The van der Waals surface area contributed by atoms with Crippen molar-refractivity contribution < 1.29 is 0 Å². The van der Waals surface area contributed by atoms with Crippen LogP contribution in [0.25, 0.3) is 11.2 Å². The van der Waals surface area contributed by atoms with Crippen LogP contribution in [0.5, 0.6) is 0 Å². The Labute approximate surface area is 152 Å². The summed E-state index contributed by atoms with van der Waals surface area (Å²) in [5.41, 5.74) is 7.61. The summed E-state index contributed by atoms with van der Waals surface area (Å²) in [6.07, 6.45) is 3.03. The van der Waals surface area contributed by atoms with Gasteiger partial charge in [0.1, 0.15) is 0 Å². The van der Waals surface area contributed by atoms with Gasteiger partial charge >= 0.3 is 5.69 Å². The summed E-state index contributed by atoms with van der Waals surface area (Å²) in [6.45, 7) is 8.25. The average Bonchev–Trinajstić information content (AvgIpc) is 2.98. The van der Waals surface area contributed by atoms with Crippen molar-refractivity contribution >= 4 is 17.1 Å². The zero-order chi connectivity index (χ0) is 19.2. The molecule has 3 rings (SSSR count). The summed E-state index contributed by atoms with van der Waals surface area (Å²) in [4.78, 5) is 31.9. The van der Waals surface area contributed by atoms with Crippen LogP contribution in [0.15, 0.2) is 21.2 Å². The number of rotatable bonds is 3. The van der Waals surface area contributed by atoms with Crippen molar-refractivity contribution in [1.29, 1.82) is 0 Å². The van der Waals surface area contributed by atoms with E-state index in [2.05, 4.69) is 22.9 Å². The van der Waals surface area contributed by atoms with Gasteiger partial charge in [0.25, 0.3) is 5.56 Å². The molecule has 142 valence electrons. The molecule has 0 aromatic carbocycles. The number of nitrogens with two attached hydrogens (primary N) is 1. The summed E-state index contributed by atoms with van der Waals surface area (Å²) in [5, 5.41) is 0. The SMILES string of the molecule is CC(C)=CCn1c(N2CCC(C)C(N)C2)nc2c1c(=O)n(C)c(=O)n2C. The fourth-order valence-electron chi connectivity index (χ4n) is 3.40. The molecule has 2 unspecified atom stereocenters. The van der Waals surface area contributed by atoms with Gasteiger partial charge in [-0.2, -0.15) is 4.98 Å². The molecule has 8 heteroatoms. The van der Waals surface area contributed by atoms with E-state index in [0.29, 0.717) is 36.1 Å². The first-order chi connectivity index (χ1) is 12.2. The number of allylic oxidation sites excluding steroid dienone is 2. The van der Waals surface area contributed by atoms with Crippen LogP contribution in [-0.2, 0) is 20.6 Å². The van der Waals surface area contributed by atoms with E-state index < -0.39 is 0 Å². The lowest BCUT2D eigenvalue weighted by Crippen LogP contribution is -2.48. The zero-order valence-corrected chi connectivity index (χ0v) is 16.2. The molecule has 2 atom stereocenters. The van der Waals surface area contributed by atoms with Gasteiger partial charge in [0.05, 0.1) is 0 Å². The Morgan fingerprint density at radius 1 is 1.27 bits per heavy atom. The monoisotopic (exact) mass is 360 g/mol. The molecule has 2 aromatic heterocycles. The van der Waals surface area contributed by atoms with Crippen LogP contribution in [0.2, 0.25) is 0 Å². The number of hydrogen-bond acceptors (Lipinski definition) is 5. The second kappa shape index (κ2) is 6.75. The number of fused-ring (bicyclic) bond motifs is 1. The molecule has 0 saturated carbocycles. The quantitative estimate of drug-likeness (QED) is 0.808. The van der Waals surface area contributed by atoms with Crippen LogP contribution in [0.1, 0.15) is 27.2 Å². The van der Waals surface area contributed by atoms with Gasteiger partial charge in [0.15, 0.2) is 11.2 Å². The Kier molecular flexibility index (Phi) is 4.79. The highest BCUT2D eigenvalue weighted by atomic mass is 16.2. The topological polar surface area (TPSA) is 91.1 Å². The van der Waals surface area contributed by atoms with Crippen molar-refractivity contribution in [1.82, 2.24) is 18.7 Å². The molecule has 0 radical (unpaired) electrons. The van der Waals surface area contributed by atoms with Crippen molar-refractivity contribution in [2.24, 2.45) is 25.7 Å². The number of aryl methyl sites for hydroxylation is 1. The number of nitrogens with zero attached hydrogens (tertiary/aromatic N) is 5. The van der Waals surface area contributed by atoms with Crippen LogP contribution in [-0.4, -0.2) is 37.8 Å². The molecule has 8 nitrogen and oxygen atoms in total. The van der Waals surface area contributed by atoms with Crippen molar-refractivity contribution in [2.75, 3.05) is 18.0 Å². The summed E-state index contributed by atoms with van der Waals surface area (Å²) < 4.78 is 4.48. The van der Waals surface area contributed by atoms with Crippen LogP contribution in [0.3, 0.4) is 0 Å². The Balaban J connectivity index is 2.25. The molecule has 1 saturated heterocycles. The first-order valence-corrected chi connectivity index (χ1v) is 9.02. The highest BCUT2D eigenvalue weighted by Crippen LogP contribution is 2.25. The van der Waals surface area contributed by atoms with E-state index in [9.17, 15) is 9.59 Å². The third-order valence-electron chi connectivity index (χ3n) is 5.31. The maximum Gasteiger partial charge on any atom is 0.332 e. The smallest absolute Gasteiger partial charge is 0.332 e. The standard InChI is InChI=1S/C18H28N6O2/c1-11(2)6-9-24-14-15(21(4)18(26)22(5)16(14)25)20-17(24)23-8-7-12(3)13(19)10-23/h6,12-13H,7-10,19H2,1-5H3. The Morgan fingerprint density at radius 2 is 1.96 bits per heavy atom. The van der Waals surface area contributed by atoms with E-state index in [1.165, 1.54) is 11.6 Å². The molecule has 26 heavy (non-hydrogen) atoms. The second-order valence-electron chi connectivity index (χ2n) is 7.56. The third kappa shape index (κ3) is 2.98. The molecule has 0 spiro atoms. The fraction of sp³-hybridized carbons (Fsp3) is 0.611. The van der Waals surface area contributed by atoms with Gasteiger partial charge in [-0.3, -0.25) is 13.9 Å². The number of piperidine rings is 1. The minimum absolute atomic E-state index is 0.0621. The van der Waals surface area contributed by atoms with E-state index in [4.69, 9.17) is 5.73 Å². The van der Waals surface area contributed by atoms with Crippen molar-refractivity contribution in [3.05, 3.63) is 32.5 Å². The van der Waals surface area contributed by atoms with Gasteiger partial charge < -0.3 is 15.2 Å². The first-order valence-electron chi connectivity index (χ1n) is 9.02. The van der Waals surface area contributed by atoms with Gasteiger partial charge in [0, 0.05) is 39.8 Å². The molecule has 0 amide bonds. The van der Waals surface area contributed by atoms with Crippen molar-refractivity contribution in [2.45, 2.75) is 39.8 Å². The fourth-order valence-corrected chi connectivity index (χ4v) is 3.40. The van der Waals surface area contributed by atoms with E-state index in [1.807, 2.05) is 18.4 Å². The molecule has 1 aliphatic rings. The van der Waals surface area contributed by atoms with Crippen LogP contribution < -0.4 is 21.9 Å². The molecular weight excluding hydrogens is 332 g/mol. The second-order valence-corrected chi connectivity index (χ2v) is 7.56. The summed E-state index contributed by atoms with van der Waals surface area (Å²) in [7, 11) is 3.15. The molecule has 1 aliphatic heterocycles. The van der Waals surface area contributed by atoms with E-state index in [-0.39, 0.29) is 17.3 Å². The number of imidazole rings is 1. The van der Waals surface area contributed by atoms with Crippen LogP contribution >= 0.6 is 0 Å². The number of hydrogen-bond donors (Lipinski definition) is 1. The average molecular weight is 360 g/mol. The molecule has 2 aromatic rings. The predicted molar refractivity (Wildman–Crippen MR) is 104 cm³/mol. The Bertz CT molecular complexity index is 976. The normalized spacial score (nSPS) is 20.6. The maximum atomic E-state index is 12.8. The van der Waals surface area contributed by atoms with Gasteiger partial charge in [-0.1, -0.05) is 18.6 Å². The van der Waals surface area contributed by atoms with Crippen molar-refractivity contribution in [3.8, 4) is 0 Å². The number of aromatic nitrogens is 4. The highest BCUT2D eigenvalue weighted by Gasteiger charge is 2.28. The van der Waals surface area contributed by atoms with E-state index in [0.717, 1.165) is 23.1 Å². The lowest BCUT2D eigenvalue weighted by Gasteiger charge is -2.35. The van der Waals surface area contributed by atoms with Gasteiger partial charge in [-0.05, 0) is 26.2 Å². The summed E-state index contributed by atoms with van der Waals surface area (Å²) in [5.74, 6) is 1.16. The minimum Gasteiger partial charge on any atom is -0.341 e. The lowest BCUT2D eigenvalue weighted by molar-refractivity contribution is 0.375. The minimum atomic E-state index is -0.370. The molecule has 0 bridgehead atoms. The van der Waals surface area contributed by atoms with Crippen LogP contribution in [0, 0.1) is 5.92 Å². The third-order valence-corrected chi connectivity index (χ3v) is 5.31. The summed E-state index contributed by atoms with van der Waals surface area (Å²) >= 11 is 0. The number of anilines is 1. The van der Waals surface area contributed by atoms with E-state index >= 15 is 0 Å². The zero-order valence-electron chi connectivity index (χ0n) is 16.2. The first kappa shape index (κ1) is 18.4. The largest absolute Gasteiger partial charge is 0.341 e. The van der Waals surface area contributed by atoms with Gasteiger partial charge in [-0.25, -0.2) is 4.79 Å². The van der Waals surface area contributed by atoms with Gasteiger partial charge in [0.2, 0.25) is 5.95 Å². The summed E-state index contributed by atoms with van der Waals surface area (Å²) in [6, 6.07) is 0.0621. The van der Waals surface area contributed by atoms with Gasteiger partial charge in [-0.15, -0.1) is 0 Å². The molecular formula is C18H28N6O2. The predicted octanol–water partition coefficient (Wildman–Crippen LogP) is 0.573. The Morgan fingerprint density at radius 3 is 2.58 bits per heavy atom. The lowest BCUT2D eigenvalue weighted by atomic mass is 9.94.